The summed E-state index contributed by atoms with van der Waals surface area (Å²) in [5.41, 5.74) is 1.40. The average Bonchev–Trinajstić information content (AvgIpc) is 2.38. The fourth-order valence-corrected chi connectivity index (χ4v) is 3.49. The van der Waals surface area contributed by atoms with Crippen LogP contribution in [-0.2, 0) is 16.4 Å². The van der Waals surface area contributed by atoms with Crippen LogP contribution in [-0.4, -0.2) is 30.9 Å². The van der Waals surface area contributed by atoms with Gasteiger partial charge in [0, 0.05) is 18.8 Å². The molecule has 6 heteroatoms. The summed E-state index contributed by atoms with van der Waals surface area (Å²) in [7, 11) is -2.80. The van der Waals surface area contributed by atoms with Crippen LogP contribution in [0.25, 0.3) is 0 Å². The number of aromatic nitrogens is 1. The Kier molecular flexibility index (Phi) is 3.94. The van der Waals surface area contributed by atoms with Gasteiger partial charge in [0.05, 0.1) is 11.5 Å². The molecule has 0 unspecified atom stereocenters. The maximum atomic E-state index is 11.3. The standard InChI is InChI=1S/C12H15N3O2S/c13-8-12-7-10(1-4-14-12)9-15-11-2-5-18(16,17)6-3-11/h1,4,7,11,15H,2-3,5-6,9H2. The van der Waals surface area contributed by atoms with Crippen LogP contribution in [0.15, 0.2) is 18.3 Å². The zero-order valence-corrected chi connectivity index (χ0v) is 10.8. The van der Waals surface area contributed by atoms with Crippen molar-refractivity contribution in [2.24, 2.45) is 0 Å². The molecule has 0 aromatic carbocycles. The van der Waals surface area contributed by atoms with Crippen LogP contribution in [0.2, 0.25) is 0 Å². The smallest absolute Gasteiger partial charge is 0.150 e. The molecule has 0 amide bonds. The summed E-state index contributed by atoms with van der Waals surface area (Å²) in [6.45, 7) is 0.641. The Morgan fingerprint density at radius 2 is 2.17 bits per heavy atom. The number of nitriles is 1. The van der Waals surface area contributed by atoms with Crippen molar-refractivity contribution in [1.29, 1.82) is 5.26 Å². The summed E-state index contributed by atoms with van der Waals surface area (Å²) in [4.78, 5) is 3.90. The van der Waals surface area contributed by atoms with Crippen LogP contribution in [0.5, 0.6) is 0 Å². The molecule has 1 fully saturated rings. The lowest BCUT2D eigenvalue weighted by Crippen LogP contribution is -2.37. The zero-order valence-electron chi connectivity index (χ0n) is 9.96. The first-order valence-electron chi connectivity index (χ1n) is 5.88. The van der Waals surface area contributed by atoms with E-state index in [0.717, 1.165) is 5.56 Å². The van der Waals surface area contributed by atoms with Gasteiger partial charge in [-0.1, -0.05) is 0 Å². The maximum absolute atomic E-state index is 11.3. The van der Waals surface area contributed by atoms with Crippen molar-refractivity contribution in [1.82, 2.24) is 10.3 Å². The van der Waals surface area contributed by atoms with E-state index in [4.69, 9.17) is 5.26 Å². The second-order valence-electron chi connectivity index (χ2n) is 4.47. The normalized spacial score (nSPS) is 19.3. The summed E-state index contributed by atoms with van der Waals surface area (Å²) in [5.74, 6) is 0.537. The van der Waals surface area contributed by atoms with Crippen LogP contribution in [0.4, 0.5) is 0 Å². The molecule has 2 heterocycles. The topological polar surface area (TPSA) is 82.9 Å². The molecular weight excluding hydrogens is 250 g/mol. The molecule has 0 saturated carbocycles. The van der Waals surface area contributed by atoms with Gasteiger partial charge in [-0.05, 0) is 30.5 Å². The first-order valence-corrected chi connectivity index (χ1v) is 7.70. The largest absolute Gasteiger partial charge is 0.310 e. The van der Waals surface area contributed by atoms with E-state index >= 15 is 0 Å². The van der Waals surface area contributed by atoms with Gasteiger partial charge in [0.25, 0.3) is 0 Å². The minimum atomic E-state index is -2.80. The minimum absolute atomic E-state index is 0.243. The van der Waals surface area contributed by atoms with Crippen LogP contribution in [0.3, 0.4) is 0 Å². The quantitative estimate of drug-likeness (QED) is 0.866. The van der Waals surface area contributed by atoms with E-state index in [1.165, 1.54) is 0 Å². The third-order valence-corrected chi connectivity index (χ3v) is 4.80. The van der Waals surface area contributed by atoms with Crippen LogP contribution in [0.1, 0.15) is 24.1 Å². The summed E-state index contributed by atoms with van der Waals surface area (Å²) in [6.07, 6.45) is 2.94. The fourth-order valence-electron chi connectivity index (χ4n) is 2.00. The number of nitrogens with zero attached hydrogens (tertiary/aromatic N) is 2. The number of sulfone groups is 1. The maximum Gasteiger partial charge on any atom is 0.150 e. The van der Waals surface area contributed by atoms with Crippen molar-refractivity contribution in [2.45, 2.75) is 25.4 Å². The lowest BCUT2D eigenvalue weighted by molar-refractivity contribution is 0.463. The Balaban J connectivity index is 1.87. The molecule has 18 heavy (non-hydrogen) atoms. The lowest BCUT2D eigenvalue weighted by atomic mass is 10.1. The van der Waals surface area contributed by atoms with E-state index in [9.17, 15) is 8.42 Å². The third kappa shape index (κ3) is 3.52. The van der Waals surface area contributed by atoms with Crippen LogP contribution >= 0.6 is 0 Å². The van der Waals surface area contributed by atoms with Crippen molar-refractivity contribution >= 4 is 9.84 Å². The second-order valence-corrected chi connectivity index (χ2v) is 6.77. The first kappa shape index (κ1) is 13.0. The van der Waals surface area contributed by atoms with E-state index in [1.54, 1.807) is 12.3 Å². The Bertz CT molecular complexity index is 549. The van der Waals surface area contributed by atoms with Crippen molar-refractivity contribution in [2.75, 3.05) is 11.5 Å². The Hall–Kier alpha value is -1.45. The van der Waals surface area contributed by atoms with Gasteiger partial charge in [-0.2, -0.15) is 5.26 Å². The molecule has 1 aliphatic heterocycles. The number of rotatable bonds is 3. The highest BCUT2D eigenvalue weighted by Gasteiger charge is 2.22. The van der Waals surface area contributed by atoms with Gasteiger partial charge in [-0.3, -0.25) is 0 Å². The molecule has 1 N–H and O–H groups in total. The molecule has 1 saturated heterocycles. The molecule has 1 aliphatic rings. The molecular formula is C12H15N3O2S. The van der Waals surface area contributed by atoms with Gasteiger partial charge in [0.1, 0.15) is 21.6 Å². The van der Waals surface area contributed by atoms with Crippen LogP contribution < -0.4 is 5.32 Å². The molecule has 0 bridgehead atoms. The third-order valence-electron chi connectivity index (χ3n) is 3.09. The minimum Gasteiger partial charge on any atom is -0.310 e. The molecule has 0 spiro atoms. The Labute approximate surface area is 107 Å². The van der Waals surface area contributed by atoms with E-state index in [0.29, 0.717) is 25.1 Å². The number of hydrogen-bond donors (Lipinski definition) is 1. The highest BCUT2D eigenvalue weighted by Crippen LogP contribution is 2.13. The van der Waals surface area contributed by atoms with E-state index in [2.05, 4.69) is 10.3 Å². The highest BCUT2D eigenvalue weighted by atomic mass is 32.2. The van der Waals surface area contributed by atoms with Crippen LogP contribution in [0, 0.1) is 11.3 Å². The van der Waals surface area contributed by atoms with Gasteiger partial charge >= 0.3 is 0 Å². The summed E-state index contributed by atoms with van der Waals surface area (Å²) in [5, 5.41) is 12.1. The van der Waals surface area contributed by atoms with Gasteiger partial charge < -0.3 is 5.32 Å². The van der Waals surface area contributed by atoms with Gasteiger partial charge in [-0.25, -0.2) is 13.4 Å². The average molecular weight is 265 g/mol. The summed E-state index contributed by atoms with van der Waals surface area (Å²) in [6, 6.07) is 5.84. The predicted molar refractivity (Wildman–Crippen MR) is 67.5 cm³/mol. The number of pyridine rings is 1. The van der Waals surface area contributed by atoms with E-state index in [1.807, 2.05) is 12.1 Å². The molecule has 1 aromatic rings. The number of nitrogens with one attached hydrogen (secondary N) is 1. The van der Waals surface area contributed by atoms with E-state index < -0.39 is 9.84 Å². The summed E-state index contributed by atoms with van der Waals surface area (Å²) < 4.78 is 22.6. The monoisotopic (exact) mass is 265 g/mol. The highest BCUT2D eigenvalue weighted by molar-refractivity contribution is 7.91. The fraction of sp³-hybridized carbons (Fsp3) is 0.500. The second kappa shape index (κ2) is 5.46. The van der Waals surface area contributed by atoms with Gasteiger partial charge in [0.2, 0.25) is 0 Å². The van der Waals surface area contributed by atoms with Crippen molar-refractivity contribution in [3.8, 4) is 6.07 Å². The van der Waals surface area contributed by atoms with Crippen molar-refractivity contribution in [3.63, 3.8) is 0 Å². The van der Waals surface area contributed by atoms with Gasteiger partial charge in [0.15, 0.2) is 0 Å². The Morgan fingerprint density at radius 3 is 2.83 bits per heavy atom. The molecule has 0 atom stereocenters. The molecule has 96 valence electrons. The molecule has 0 aliphatic carbocycles. The number of hydrogen-bond acceptors (Lipinski definition) is 5. The zero-order chi connectivity index (χ0) is 13.0. The molecule has 0 radical (unpaired) electrons. The van der Waals surface area contributed by atoms with E-state index in [-0.39, 0.29) is 17.5 Å². The first-order chi connectivity index (χ1) is 8.59. The molecule has 1 aromatic heterocycles. The molecule has 2 rings (SSSR count). The SMILES string of the molecule is N#Cc1cc(CNC2CCS(=O)(=O)CC2)ccn1. The van der Waals surface area contributed by atoms with Gasteiger partial charge in [-0.15, -0.1) is 0 Å². The lowest BCUT2D eigenvalue weighted by Gasteiger charge is -2.23. The summed E-state index contributed by atoms with van der Waals surface area (Å²) >= 11 is 0. The Morgan fingerprint density at radius 1 is 1.44 bits per heavy atom. The predicted octanol–water partition coefficient (Wildman–Crippen LogP) is 0.620. The van der Waals surface area contributed by atoms with Crippen molar-refractivity contribution < 1.29 is 8.42 Å². The molecule has 5 nitrogen and oxygen atoms in total. The van der Waals surface area contributed by atoms with Crippen molar-refractivity contribution in [3.05, 3.63) is 29.6 Å².